The second kappa shape index (κ2) is 10.6. The second-order valence-electron chi connectivity index (χ2n) is 10.3. The zero-order valence-electron chi connectivity index (χ0n) is 22.7. The molecule has 12 heteroatoms. The van der Waals surface area contributed by atoms with E-state index in [0.29, 0.717) is 53.3 Å². The van der Waals surface area contributed by atoms with Gasteiger partial charge in [0.05, 0.1) is 42.9 Å². The number of anilines is 2. The lowest BCUT2D eigenvalue weighted by molar-refractivity contribution is -0.167. The van der Waals surface area contributed by atoms with Crippen LogP contribution in [-0.4, -0.2) is 61.9 Å². The Kier molecular flexibility index (Phi) is 7.82. The minimum atomic E-state index is -4.89. The maximum Gasteiger partial charge on any atom is 0.419 e. The number of hydrogen-bond donors (Lipinski definition) is 2. The lowest BCUT2D eigenvalue weighted by Gasteiger charge is -2.46. The molecular weight excluding hydrogens is 518 g/mol. The zero-order valence-corrected chi connectivity index (χ0v) is 22.7. The second-order valence-corrected chi connectivity index (χ2v) is 10.3. The summed E-state index contributed by atoms with van der Waals surface area (Å²) < 4.78 is 72.6. The van der Waals surface area contributed by atoms with Gasteiger partial charge < -0.3 is 30.2 Å². The van der Waals surface area contributed by atoms with E-state index in [4.69, 9.17) is 19.9 Å². The van der Waals surface area contributed by atoms with Crippen molar-refractivity contribution >= 4 is 22.4 Å². The molecule has 1 aliphatic rings. The first kappa shape index (κ1) is 28.6. The number of alkyl halides is 3. The van der Waals surface area contributed by atoms with Crippen LogP contribution in [-0.2, 0) is 10.9 Å². The van der Waals surface area contributed by atoms with Crippen molar-refractivity contribution in [2.24, 2.45) is 5.41 Å². The number of halogens is 4. The average molecular weight is 552 g/mol. The fraction of sp³-hybridized carbons (Fsp3) is 0.481. The number of nitrogens with zero attached hydrogens (tertiary/aromatic N) is 3. The van der Waals surface area contributed by atoms with Crippen molar-refractivity contribution in [2.45, 2.75) is 39.1 Å². The van der Waals surface area contributed by atoms with Crippen LogP contribution >= 0.6 is 0 Å². The van der Waals surface area contributed by atoms with Gasteiger partial charge >= 0.3 is 6.18 Å². The Morgan fingerprint density at radius 2 is 1.82 bits per heavy atom. The summed E-state index contributed by atoms with van der Waals surface area (Å²) in [6.45, 7) is 7.07. The third-order valence-electron chi connectivity index (χ3n) is 6.92. The number of nitrogen functional groups attached to an aromatic ring is 1. The fourth-order valence-electron chi connectivity index (χ4n) is 4.85. The minimum Gasteiger partial charge on any atom is -0.493 e. The molecule has 2 heterocycles. The molecule has 0 unspecified atom stereocenters. The van der Waals surface area contributed by atoms with E-state index in [1.807, 2.05) is 21.0 Å². The summed E-state index contributed by atoms with van der Waals surface area (Å²) in [6, 6.07) is 4.29. The van der Waals surface area contributed by atoms with Gasteiger partial charge in [-0.1, -0.05) is 0 Å². The van der Waals surface area contributed by atoms with E-state index >= 15 is 0 Å². The molecule has 1 fully saturated rings. The lowest BCUT2D eigenvalue weighted by Crippen LogP contribution is -2.57. The predicted octanol–water partition coefficient (Wildman–Crippen LogP) is 5.21. The molecule has 0 amide bonds. The van der Waals surface area contributed by atoms with Gasteiger partial charge in [0.1, 0.15) is 23.6 Å². The molecule has 3 N–H and O–H groups in total. The first-order valence-electron chi connectivity index (χ1n) is 12.4. The Bertz CT molecular complexity index is 1360. The number of methoxy groups -OCH3 is 1. The Labute approximate surface area is 224 Å². The van der Waals surface area contributed by atoms with Crippen LogP contribution < -0.4 is 20.5 Å². The van der Waals surface area contributed by atoms with E-state index < -0.39 is 23.6 Å². The third-order valence-corrected chi connectivity index (χ3v) is 6.92. The number of aryl methyl sites for hydroxylation is 1. The van der Waals surface area contributed by atoms with Crippen molar-refractivity contribution in [3.05, 3.63) is 47.0 Å². The van der Waals surface area contributed by atoms with Crippen LogP contribution in [0.2, 0.25) is 0 Å². The number of ether oxygens (including phenoxy) is 3. The number of rotatable bonds is 9. The highest BCUT2D eigenvalue weighted by atomic mass is 19.4. The number of fused-ring (bicyclic) bond motifs is 1. The van der Waals surface area contributed by atoms with Crippen LogP contribution in [0.15, 0.2) is 24.3 Å². The fourth-order valence-corrected chi connectivity index (χ4v) is 4.85. The van der Waals surface area contributed by atoms with Crippen molar-refractivity contribution in [3.63, 3.8) is 0 Å². The number of hydrogen-bond acceptors (Lipinski definition) is 8. The molecule has 4 rings (SSSR count). The molecule has 1 saturated heterocycles. The number of nitrogens with one attached hydrogen (secondary N) is 1. The number of aromatic nitrogens is 2. The monoisotopic (exact) mass is 551 g/mol. The van der Waals surface area contributed by atoms with Crippen LogP contribution in [0.5, 0.6) is 11.5 Å². The van der Waals surface area contributed by atoms with E-state index in [1.54, 1.807) is 19.1 Å². The summed E-state index contributed by atoms with van der Waals surface area (Å²) in [5.41, 5.74) is 4.15. The average Bonchev–Trinajstić information content (AvgIpc) is 2.81. The summed E-state index contributed by atoms with van der Waals surface area (Å²) in [5.74, 6) is 0.223. The van der Waals surface area contributed by atoms with Gasteiger partial charge in [0.15, 0.2) is 11.5 Å². The minimum absolute atomic E-state index is 0.197. The Hall–Kier alpha value is -3.38. The first-order chi connectivity index (χ1) is 18.2. The Morgan fingerprint density at radius 1 is 1.13 bits per heavy atom. The molecule has 0 spiro atoms. The number of nitrogens with two attached hydrogens (primary N) is 1. The summed E-state index contributed by atoms with van der Waals surface area (Å²) in [4.78, 5) is 11.0. The summed E-state index contributed by atoms with van der Waals surface area (Å²) in [6.07, 6.45) is -5.12. The van der Waals surface area contributed by atoms with Crippen molar-refractivity contribution in [3.8, 4) is 11.5 Å². The quantitative estimate of drug-likeness (QED) is 0.277. The van der Waals surface area contributed by atoms with Gasteiger partial charge in [0.2, 0.25) is 0 Å². The molecule has 2 aromatic carbocycles. The summed E-state index contributed by atoms with van der Waals surface area (Å²) >= 11 is 0. The smallest absolute Gasteiger partial charge is 0.419 e. The van der Waals surface area contributed by atoms with E-state index in [-0.39, 0.29) is 22.8 Å². The Balaban J connectivity index is 1.73. The number of benzene rings is 2. The molecular formula is C27H33F4N5O3. The molecule has 3 aromatic rings. The van der Waals surface area contributed by atoms with Crippen molar-refractivity contribution in [2.75, 3.05) is 52.0 Å². The SMILES string of the molecule is COc1cc2nc(C)nc(N[C@H](C)c3cc(N)cc(C(F)(F)F)c3F)c2cc1O[C@@H](C)C1(CN(C)C)COC1. The molecule has 0 radical (unpaired) electrons. The summed E-state index contributed by atoms with van der Waals surface area (Å²) in [5, 5.41) is 3.58. The highest BCUT2D eigenvalue weighted by Gasteiger charge is 2.46. The zero-order chi connectivity index (χ0) is 28.7. The standard InChI is InChI=1S/C27H33F4N5O3/c1-14(18-7-17(32)8-20(24(18)28)27(29,30)31)33-25-19-9-23(22(37-6)10-21(19)34-16(3)35-25)39-15(2)26(11-36(4)5)12-38-13-26/h7-10,14-15H,11-13,32H2,1-6H3,(H,33,34,35)/t14-,15+/m1/s1. The van der Waals surface area contributed by atoms with Crippen LogP contribution in [0.25, 0.3) is 10.9 Å². The van der Waals surface area contributed by atoms with E-state index in [9.17, 15) is 17.6 Å². The van der Waals surface area contributed by atoms with Gasteiger partial charge in [-0.15, -0.1) is 0 Å². The molecule has 1 aliphatic heterocycles. The van der Waals surface area contributed by atoms with Crippen LogP contribution in [0.1, 0.15) is 36.8 Å². The van der Waals surface area contributed by atoms with Gasteiger partial charge in [0.25, 0.3) is 0 Å². The van der Waals surface area contributed by atoms with E-state index in [1.165, 1.54) is 20.1 Å². The van der Waals surface area contributed by atoms with Crippen molar-refractivity contribution < 1.29 is 31.8 Å². The molecule has 0 bridgehead atoms. The largest absolute Gasteiger partial charge is 0.493 e. The van der Waals surface area contributed by atoms with Crippen LogP contribution in [0.4, 0.5) is 29.1 Å². The summed E-state index contributed by atoms with van der Waals surface area (Å²) in [7, 11) is 5.50. The van der Waals surface area contributed by atoms with Gasteiger partial charge in [-0.25, -0.2) is 14.4 Å². The molecule has 212 valence electrons. The van der Waals surface area contributed by atoms with Gasteiger partial charge in [0, 0.05) is 29.2 Å². The molecule has 8 nitrogen and oxygen atoms in total. The lowest BCUT2D eigenvalue weighted by atomic mass is 9.80. The third kappa shape index (κ3) is 5.81. The van der Waals surface area contributed by atoms with Gasteiger partial charge in [-0.3, -0.25) is 0 Å². The Morgan fingerprint density at radius 3 is 2.38 bits per heavy atom. The van der Waals surface area contributed by atoms with Crippen molar-refractivity contribution in [1.82, 2.24) is 14.9 Å². The molecule has 1 aromatic heterocycles. The van der Waals surface area contributed by atoms with Gasteiger partial charge in [-0.2, -0.15) is 13.2 Å². The predicted molar refractivity (Wildman–Crippen MR) is 141 cm³/mol. The van der Waals surface area contributed by atoms with Gasteiger partial charge in [-0.05, 0) is 53.1 Å². The van der Waals surface area contributed by atoms with E-state index in [2.05, 4.69) is 20.2 Å². The van der Waals surface area contributed by atoms with Crippen molar-refractivity contribution in [1.29, 1.82) is 0 Å². The molecule has 0 aliphatic carbocycles. The molecule has 39 heavy (non-hydrogen) atoms. The van der Waals surface area contributed by atoms with E-state index in [0.717, 1.165) is 6.54 Å². The van der Waals surface area contributed by atoms with Crippen LogP contribution in [0.3, 0.4) is 0 Å². The first-order valence-corrected chi connectivity index (χ1v) is 12.4. The molecule has 0 saturated carbocycles. The van der Waals surface area contributed by atoms with Crippen LogP contribution in [0, 0.1) is 18.2 Å². The normalized spacial score (nSPS) is 16.6. The highest BCUT2D eigenvalue weighted by Crippen LogP contribution is 2.41. The topological polar surface area (TPSA) is 94.8 Å². The highest BCUT2D eigenvalue weighted by molar-refractivity contribution is 5.92. The maximum absolute atomic E-state index is 14.9. The maximum atomic E-state index is 14.9. The molecule has 2 atom stereocenters.